The Morgan fingerprint density at radius 2 is 1.67 bits per heavy atom. The molecule has 9 heteroatoms. The minimum Gasteiger partial charge on any atom is -0.481 e. The minimum atomic E-state index is -3.63. The molecule has 1 fully saturated rings. The Morgan fingerprint density at radius 1 is 1.00 bits per heavy atom. The molecule has 0 aliphatic carbocycles. The maximum atomic E-state index is 12.9. The van der Waals surface area contributed by atoms with E-state index in [1.54, 1.807) is 18.2 Å². The number of carboxylic acids is 1. The van der Waals surface area contributed by atoms with Crippen LogP contribution in [0.4, 0.5) is 4.79 Å². The molecule has 8 nitrogen and oxygen atoms in total. The molecule has 1 heterocycles. The molecule has 0 bridgehead atoms. The molecule has 0 spiro atoms. The number of aliphatic carboxylic acids is 1. The molecule has 0 atom stereocenters. The Morgan fingerprint density at radius 3 is 2.33 bits per heavy atom. The van der Waals surface area contributed by atoms with Gasteiger partial charge in [0.2, 0.25) is 10.0 Å². The minimum absolute atomic E-state index is 0.0454. The summed E-state index contributed by atoms with van der Waals surface area (Å²) in [7, 11) is -3.63. The van der Waals surface area contributed by atoms with Crippen LogP contribution in [0.2, 0.25) is 0 Å². The van der Waals surface area contributed by atoms with Crippen LogP contribution in [0.1, 0.15) is 6.42 Å². The van der Waals surface area contributed by atoms with E-state index >= 15 is 0 Å². The number of amides is 2. The number of fused-ring (bicyclic) bond motifs is 1. The fourth-order valence-corrected chi connectivity index (χ4v) is 4.45. The molecule has 2 N–H and O–H groups in total. The molecule has 2 aromatic carbocycles. The number of sulfonamides is 1. The van der Waals surface area contributed by atoms with Gasteiger partial charge in [-0.25, -0.2) is 13.2 Å². The number of hydrogen-bond donors (Lipinski definition) is 2. The average Bonchev–Trinajstić information content (AvgIpc) is 2.67. The van der Waals surface area contributed by atoms with Crippen LogP contribution in [-0.2, 0) is 14.8 Å². The lowest BCUT2D eigenvalue weighted by atomic mass is 10.1. The van der Waals surface area contributed by atoms with Crippen molar-refractivity contribution in [2.24, 2.45) is 0 Å². The molecular formula is C18H21N3O5S. The maximum Gasteiger partial charge on any atom is 0.317 e. The van der Waals surface area contributed by atoms with Crippen LogP contribution in [0.15, 0.2) is 47.4 Å². The summed E-state index contributed by atoms with van der Waals surface area (Å²) in [6.07, 6.45) is -0.151. The highest BCUT2D eigenvalue weighted by atomic mass is 32.2. The number of benzene rings is 2. The van der Waals surface area contributed by atoms with Crippen molar-refractivity contribution in [3.63, 3.8) is 0 Å². The van der Waals surface area contributed by atoms with Crippen molar-refractivity contribution in [2.45, 2.75) is 11.3 Å². The standard InChI is InChI=1S/C18H21N3O5S/c22-17(23)7-8-19-18(24)20-9-11-21(12-10-20)27(25,26)16-6-5-14-3-1-2-4-15(14)13-16/h1-6,13H,7-12H2,(H,19,24)(H,22,23). The lowest BCUT2D eigenvalue weighted by Crippen LogP contribution is -2.53. The maximum absolute atomic E-state index is 12.9. The predicted molar refractivity (Wildman–Crippen MR) is 99.9 cm³/mol. The summed E-state index contributed by atoms with van der Waals surface area (Å²) in [6, 6.07) is 12.2. The summed E-state index contributed by atoms with van der Waals surface area (Å²) in [5, 5.41) is 13.0. The number of rotatable bonds is 5. The van der Waals surface area contributed by atoms with Gasteiger partial charge >= 0.3 is 12.0 Å². The highest BCUT2D eigenvalue weighted by Crippen LogP contribution is 2.22. The number of carbonyl (C=O) groups excluding carboxylic acids is 1. The molecule has 0 radical (unpaired) electrons. The third-order valence-electron chi connectivity index (χ3n) is 4.50. The Bertz CT molecular complexity index is 952. The predicted octanol–water partition coefficient (Wildman–Crippen LogP) is 1.33. The molecule has 2 aromatic rings. The lowest BCUT2D eigenvalue weighted by Gasteiger charge is -2.34. The van der Waals surface area contributed by atoms with E-state index in [0.717, 1.165) is 10.8 Å². The first kappa shape index (κ1) is 19.1. The van der Waals surface area contributed by atoms with Gasteiger partial charge in [0.15, 0.2) is 0 Å². The van der Waals surface area contributed by atoms with Gasteiger partial charge < -0.3 is 15.3 Å². The van der Waals surface area contributed by atoms with Crippen LogP contribution in [0.5, 0.6) is 0 Å². The van der Waals surface area contributed by atoms with Gasteiger partial charge in [0.25, 0.3) is 0 Å². The molecular weight excluding hydrogens is 370 g/mol. The molecule has 27 heavy (non-hydrogen) atoms. The Hall–Kier alpha value is -2.65. The normalized spacial score (nSPS) is 15.6. The van der Waals surface area contributed by atoms with Crippen molar-refractivity contribution in [3.8, 4) is 0 Å². The van der Waals surface area contributed by atoms with E-state index < -0.39 is 16.0 Å². The molecule has 3 rings (SSSR count). The zero-order valence-electron chi connectivity index (χ0n) is 14.7. The van der Waals surface area contributed by atoms with Crippen molar-refractivity contribution in [1.82, 2.24) is 14.5 Å². The summed E-state index contributed by atoms with van der Waals surface area (Å²) in [5.74, 6) is -0.985. The first-order chi connectivity index (χ1) is 12.9. The molecule has 1 aliphatic rings. The van der Waals surface area contributed by atoms with E-state index in [1.165, 1.54) is 9.21 Å². The average molecular weight is 391 g/mol. The smallest absolute Gasteiger partial charge is 0.317 e. The Labute approximate surface area is 157 Å². The van der Waals surface area contributed by atoms with Gasteiger partial charge in [0, 0.05) is 32.7 Å². The van der Waals surface area contributed by atoms with Gasteiger partial charge in [-0.1, -0.05) is 30.3 Å². The summed E-state index contributed by atoms with van der Waals surface area (Å²) >= 11 is 0. The second-order valence-corrected chi connectivity index (χ2v) is 8.21. The Kier molecular flexibility index (Phi) is 5.62. The highest BCUT2D eigenvalue weighted by molar-refractivity contribution is 7.89. The second-order valence-electron chi connectivity index (χ2n) is 6.28. The third kappa shape index (κ3) is 4.37. The molecule has 1 saturated heterocycles. The fourth-order valence-electron chi connectivity index (χ4n) is 3.00. The lowest BCUT2D eigenvalue weighted by molar-refractivity contribution is -0.136. The van der Waals surface area contributed by atoms with Gasteiger partial charge in [0.1, 0.15) is 0 Å². The third-order valence-corrected chi connectivity index (χ3v) is 6.39. The van der Waals surface area contributed by atoms with Gasteiger partial charge in [-0.3, -0.25) is 4.79 Å². The van der Waals surface area contributed by atoms with Crippen molar-refractivity contribution >= 4 is 32.8 Å². The van der Waals surface area contributed by atoms with Gasteiger partial charge in [-0.05, 0) is 22.9 Å². The summed E-state index contributed by atoms with van der Waals surface area (Å²) in [6.45, 7) is 0.949. The number of hydrogen-bond acceptors (Lipinski definition) is 4. The van der Waals surface area contributed by atoms with Crippen LogP contribution >= 0.6 is 0 Å². The molecule has 0 aromatic heterocycles. The monoisotopic (exact) mass is 391 g/mol. The first-order valence-electron chi connectivity index (χ1n) is 8.61. The van der Waals surface area contributed by atoms with Crippen molar-refractivity contribution in [3.05, 3.63) is 42.5 Å². The number of urea groups is 1. The zero-order valence-corrected chi connectivity index (χ0v) is 15.5. The number of nitrogens with one attached hydrogen (secondary N) is 1. The van der Waals surface area contributed by atoms with Crippen molar-refractivity contribution in [1.29, 1.82) is 0 Å². The van der Waals surface area contributed by atoms with Crippen LogP contribution in [0.3, 0.4) is 0 Å². The highest BCUT2D eigenvalue weighted by Gasteiger charge is 2.30. The van der Waals surface area contributed by atoms with E-state index in [-0.39, 0.29) is 50.1 Å². The summed E-state index contributed by atoms with van der Waals surface area (Å²) < 4.78 is 27.2. The van der Waals surface area contributed by atoms with Crippen LogP contribution in [0.25, 0.3) is 10.8 Å². The van der Waals surface area contributed by atoms with E-state index in [1.807, 2.05) is 24.3 Å². The number of piperazine rings is 1. The molecule has 1 aliphatic heterocycles. The first-order valence-corrected chi connectivity index (χ1v) is 10.1. The summed E-state index contributed by atoms with van der Waals surface area (Å²) in [4.78, 5) is 24.2. The van der Waals surface area contributed by atoms with E-state index in [2.05, 4.69) is 5.32 Å². The Balaban J connectivity index is 1.63. The SMILES string of the molecule is O=C(O)CCNC(=O)N1CCN(S(=O)(=O)c2ccc3ccccc3c2)CC1. The second kappa shape index (κ2) is 7.93. The molecule has 144 valence electrons. The largest absolute Gasteiger partial charge is 0.481 e. The topological polar surface area (TPSA) is 107 Å². The van der Waals surface area contributed by atoms with Crippen LogP contribution in [0, 0.1) is 0 Å². The van der Waals surface area contributed by atoms with Gasteiger partial charge in [-0.2, -0.15) is 4.31 Å². The van der Waals surface area contributed by atoms with E-state index in [4.69, 9.17) is 5.11 Å². The van der Waals surface area contributed by atoms with E-state index in [9.17, 15) is 18.0 Å². The quantitative estimate of drug-likeness (QED) is 0.800. The number of carboxylic acid groups (broad SMARTS) is 1. The van der Waals surface area contributed by atoms with Crippen molar-refractivity contribution < 1.29 is 23.1 Å². The van der Waals surface area contributed by atoms with Crippen molar-refractivity contribution in [2.75, 3.05) is 32.7 Å². The summed E-state index contributed by atoms with van der Waals surface area (Å²) in [5.41, 5.74) is 0. The number of nitrogens with zero attached hydrogens (tertiary/aromatic N) is 2. The van der Waals surface area contributed by atoms with Gasteiger partial charge in [-0.15, -0.1) is 0 Å². The zero-order chi connectivity index (χ0) is 19.4. The van der Waals surface area contributed by atoms with E-state index in [0.29, 0.717) is 0 Å². The van der Waals surface area contributed by atoms with Gasteiger partial charge in [0.05, 0.1) is 11.3 Å². The molecule has 0 saturated carbocycles. The fraction of sp³-hybridized carbons (Fsp3) is 0.333. The number of carbonyl (C=O) groups is 2. The van der Waals surface area contributed by atoms with Crippen LogP contribution in [-0.4, -0.2) is 67.5 Å². The molecule has 0 unspecified atom stereocenters. The molecule has 2 amide bonds. The van der Waals surface area contributed by atoms with Crippen LogP contribution < -0.4 is 5.32 Å².